The van der Waals surface area contributed by atoms with Gasteiger partial charge in [0.25, 0.3) is 0 Å². The van der Waals surface area contributed by atoms with Crippen molar-refractivity contribution in [3.05, 3.63) is 23.3 Å². The zero-order chi connectivity index (χ0) is 27.8. The molecule has 0 aliphatic rings. The highest BCUT2D eigenvalue weighted by atomic mass is 16.5. The largest absolute Gasteiger partial charge is 0.507 e. The summed E-state index contributed by atoms with van der Waals surface area (Å²) in [6.45, 7) is 8.58. The Balaban J connectivity index is 2.18. The van der Waals surface area contributed by atoms with Crippen molar-refractivity contribution in [2.45, 2.75) is 175 Å². The third-order valence-electron chi connectivity index (χ3n) is 7.95. The number of hydrogen-bond acceptors (Lipinski definition) is 3. The van der Waals surface area contributed by atoms with Gasteiger partial charge in [0.2, 0.25) is 0 Å². The van der Waals surface area contributed by atoms with Gasteiger partial charge in [-0.3, -0.25) is 4.79 Å². The summed E-state index contributed by atoms with van der Waals surface area (Å²) in [7, 11) is 0. The molecular formula is C35H62O3. The number of phenolic OH excluding ortho intramolecular Hbond substituents is 1. The van der Waals surface area contributed by atoms with Crippen LogP contribution in [-0.2, 0) is 17.6 Å². The number of phenols is 1. The first kappa shape index (κ1) is 34.5. The summed E-state index contributed by atoms with van der Waals surface area (Å²) < 4.78 is 5.80. The van der Waals surface area contributed by atoms with Crippen molar-refractivity contribution < 1.29 is 14.6 Å². The van der Waals surface area contributed by atoms with Gasteiger partial charge >= 0.3 is 5.97 Å². The lowest BCUT2D eigenvalue weighted by atomic mass is 9.99. The second-order valence-electron chi connectivity index (χ2n) is 11.7. The molecule has 0 saturated heterocycles. The van der Waals surface area contributed by atoms with Crippen LogP contribution in [0.2, 0.25) is 0 Å². The summed E-state index contributed by atoms with van der Waals surface area (Å²) >= 11 is 0. The molecule has 1 N–H and O–H groups in total. The number of benzene rings is 1. The van der Waals surface area contributed by atoms with Crippen molar-refractivity contribution in [1.29, 1.82) is 0 Å². The van der Waals surface area contributed by atoms with Crippen molar-refractivity contribution >= 4 is 5.97 Å². The van der Waals surface area contributed by atoms with E-state index in [1.165, 1.54) is 96.3 Å². The van der Waals surface area contributed by atoms with E-state index in [-0.39, 0.29) is 11.9 Å². The molecule has 0 amide bonds. The Bertz CT molecular complexity index is 682. The molecule has 1 aromatic carbocycles. The van der Waals surface area contributed by atoms with Gasteiger partial charge in [-0.25, -0.2) is 0 Å². The number of carbonyl (C=O) groups is 1. The van der Waals surface area contributed by atoms with E-state index in [1.54, 1.807) is 0 Å². The third kappa shape index (κ3) is 16.5. The van der Waals surface area contributed by atoms with E-state index in [9.17, 15) is 9.90 Å². The summed E-state index contributed by atoms with van der Waals surface area (Å²) in [4.78, 5) is 12.8. The van der Waals surface area contributed by atoms with Crippen LogP contribution in [0.4, 0.5) is 0 Å². The van der Waals surface area contributed by atoms with Crippen LogP contribution < -0.4 is 4.74 Å². The monoisotopic (exact) mass is 530 g/mol. The predicted molar refractivity (Wildman–Crippen MR) is 164 cm³/mol. The fraction of sp³-hybridized carbons (Fsp3) is 0.800. The van der Waals surface area contributed by atoms with Gasteiger partial charge in [0.15, 0.2) is 0 Å². The molecule has 3 heteroatoms. The number of unbranched alkanes of at least 4 members (excludes halogenated alkanes) is 17. The van der Waals surface area contributed by atoms with E-state index in [4.69, 9.17) is 4.74 Å². The summed E-state index contributed by atoms with van der Waals surface area (Å²) in [6, 6.07) is 3.75. The summed E-state index contributed by atoms with van der Waals surface area (Å²) in [6.07, 6.45) is 28.5. The van der Waals surface area contributed by atoms with Gasteiger partial charge in [0, 0.05) is 0 Å². The Morgan fingerprint density at radius 2 is 1.00 bits per heavy atom. The molecule has 3 nitrogen and oxygen atoms in total. The molecule has 220 valence electrons. The Hall–Kier alpha value is -1.51. The molecule has 0 aliphatic heterocycles. The Kier molecular flexibility index (Phi) is 21.2. The average molecular weight is 531 g/mol. The Morgan fingerprint density at radius 1 is 0.632 bits per heavy atom. The topological polar surface area (TPSA) is 46.5 Å². The first-order chi connectivity index (χ1) is 18.5. The lowest BCUT2D eigenvalue weighted by molar-refractivity contribution is -0.138. The maximum Gasteiger partial charge on any atom is 0.314 e. The highest BCUT2D eigenvalue weighted by molar-refractivity contribution is 5.75. The number of carbonyl (C=O) groups excluding carboxylic acids is 1. The smallest absolute Gasteiger partial charge is 0.314 e. The summed E-state index contributed by atoms with van der Waals surface area (Å²) in [5.74, 6) is 0.768. The van der Waals surface area contributed by atoms with Crippen LogP contribution in [0.5, 0.6) is 11.5 Å². The molecule has 0 saturated carbocycles. The number of aromatic hydroxyl groups is 1. The van der Waals surface area contributed by atoms with Crippen molar-refractivity contribution in [1.82, 2.24) is 0 Å². The van der Waals surface area contributed by atoms with Crippen LogP contribution in [0, 0.1) is 5.92 Å². The van der Waals surface area contributed by atoms with E-state index < -0.39 is 0 Å². The van der Waals surface area contributed by atoms with E-state index in [0.29, 0.717) is 11.5 Å². The SMILES string of the molecule is CCCCCCCCCCCCCCCCCCC(C)C(=O)Oc1cc(CCCC)c(O)c(CCCC)c1. The van der Waals surface area contributed by atoms with Crippen LogP contribution in [0.1, 0.15) is 174 Å². The van der Waals surface area contributed by atoms with Crippen LogP contribution >= 0.6 is 0 Å². The minimum Gasteiger partial charge on any atom is -0.507 e. The number of rotatable bonds is 25. The van der Waals surface area contributed by atoms with Crippen molar-refractivity contribution in [3.63, 3.8) is 0 Å². The zero-order valence-electron chi connectivity index (χ0n) is 25.8. The van der Waals surface area contributed by atoms with E-state index in [1.807, 2.05) is 19.1 Å². The minimum absolute atomic E-state index is 0.0892. The second kappa shape index (κ2) is 23.4. The van der Waals surface area contributed by atoms with Gasteiger partial charge in [0.1, 0.15) is 11.5 Å². The highest BCUT2D eigenvalue weighted by Crippen LogP contribution is 2.31. The molecule has 0 aromatic heterocycles. The van der Waals surface area contributed by atoms with Gasteiger partial charge in [-0.15, -0.1) is 0 Å². The lowest BCUT2D eigenvalue weighted by Crippen LogP contribution is -2.18. The molecule has 38 heavy (non-hydrogen) atoms. The Morgan fingerprint density at radius 3 is 1.39 bits per heavy atom. The quantitative estimate of drug-likeness (QED) is 0.0776. The van der Waals surface area contributed by atoms with Gasteiger partial charge < -0.3 is 9.84 Å². The molecule has 1 unspecified atom stereocenters. The molecule has 0 aliphatic carbocycles. The second-order valence-corrected chi connectivity index (χ2v) is 11.7. The van der Waals surface area contributed by atoms with E-state index >= 15 is 0 Å². The number of ether oxygens (including phenoxy) is 1. The van der Waals surface area contributed by atoms with Gasteiger partial charge in [0.05, 0.1) is 5.92 Å². The van der Waals surface area contributed by atoms with Crippen molar-refractivity contribution in [2.75, 3.05) is 0 Å². The van der Waals surface area contributed by atoms with Crippen LogP contribution in [0.25, 0.3) is 0 Å². The molecule has 1 atom stereocenters. The fourth-order valence-electron chi connectivity index (χ4n) is 5.24. The number of aryl methyl sites for hydroxylation is 2. The molecule has 0 radical (unpaired) electrons. The lowest BCUT2D eigenvalue weighted by Gasteiger charge is -2.15. The van der Waals surface area contributed by atoms with Gasteiger partial charge in [-0.05, 0) is 55.4 Å². The average Bonchev–Trinajstić information content (AvgIpc) is 2.91. The molecule has 0 heterocycles. The summed E-state index contributed by atoms with van der Waals surface area (Å²) in [5.41, 5.74) is 1.82. The molecule has 0 bridgehead atoms. The van der Waals surface area contributed by atoms with E-state index in [2.05, 4.69) is 20.8 Å². The first-order valence-electron chi connectivity index (χ1n) is 16.6. The van der Waals surface area contributed by atoms with Crippen LogP contribution in [-0.4, -0.2) is 11.1 Å². The maximum atomic E-state index is 12.8. The van der Waals surface area contributed by atoms with Crippen LogP contribution in [0.3, 0.4) is 0 Å². The zero-order valence-corrected chi connectivity index (χ0v) is 25.8. The van der Waals surface area contributed by atoms with Crippen LogP contribution in [0.15, 0.2) is 12.1 Å². The molecular weight excluding hydrogens is 468 g/mol. The van der Waals surface area contributed by atoms with Gasteiger partial charge in [-0.2, -0.15) is 0 Å². The number of esters is 1. The van der Waals surface area contributed by atoms with Crippen molar-refractivity contribution in [3.8, 4) is 11.5 Å². The fourth-order valence-corrected chi connectivity index (χ4v) is 5.24. The third-order valence-corrected chi connectivity index (χ3v) is 7.95. The maximum absolute atomic E-state index is 12.8. The Labute approximate surface area is 236 Å². The van der Waals surface area contributed by atoms with Crippen molar-refractivity contribution in [2.24, 2.45) is 5.92 Å². The highest BCUT2D eigenvalue weighted by Gasteiger charge is 2.17. The molecule has 0 fully saturated rings. The normalized spacial score (nSPS) is 12.1. The van der Waals surface area contributed by atoms with E-state index in [0.717, 1.165) is 62.5 Å². The molecule has 1 rings (SSSR count). The standard InChI is InChI=1S/C35H62O3/c1-5-8-11-12-13-14-15-16-17-18-19-20-21-22-23-24-25-30(4)35(37)38-33-28-31(26-9-6-2)34(36)32(29-33)27-10-7-3/h28-30,36H,5-27H2,1-4H3. The first-order valence-corrected chi connectivity index (χ1v) is 16.6. The minimum atomic E-state index is -0.139. The van der Waals surface area contributed by atoms with Gasteiger partial charge in [-0.1, -0.05) is 143 Å². The number of hydrogen-bond donors (Lipinski definition) is 1. The molecule has 0 spiro atoms. The predicted octanol–water partition coefficient (Wildman–Crippen LogP) is 11.3. The molecule has 1 aromatic rings. The summed E-state index contributed by atoms with van der Waals surface area (Å²) in [5, 5.41) is 10.7.